The number of nitrogens with two attached hydrogens (primary N) is 1. The zero-order chi connectivity index (χ0) is 22.7. The van der Waals surface area contributed by atoms with Gasteiger partial charge in [-0.05, 0) is 36.4 Å². The Morgan fingerprint density at radius 3 is 2.62 bits per heavy atom. The van der Waals surface area contributed by atoms with Crippen molar-refractivity contribution in [2.45, 2.75) is 17.6 Å². The van der Waals surface area contributed by atoms with Crippen molar-refractivity contribution >= 4 is 23.4 Å². The zero-order valence-corrected chi connectivity index (χ0v) is 17.0. The first kappa shape index (κ1) is 21.6. The molecule has 1 aromatic heterocycles. The van der Waals surface area contributed by atoms with Gasteiger partial charge in [-0.25, -0.2) is 4.68 Å². The van der Waals surface area contributed by atoms with Crippen LogP contribution in [0.25, 0.3) is 0 Å². The molecule has 0 spiro atoms. The Morgan fingerprint density at radius 2 is 1.91 bits per heavy atom. The minimum Gasteiger partial charge on any atom is -0.485 e. The summed E-state index contributed by atoms with van der Waals surface area (Å²) in [7, 11) is 0. The third-order valence-electron chi connectivity index (χ3n) is 4.19. The van der Waals surface area contributed by atoms with Crippen LogP contribution in [0.2, 0.25) is 0 Å². The molecule has 3 N–H and O–H groups in total. The van der Waals surface area contributed by atoms with E-state index in [9.17, 15) is 18.0 Å². The van der Waals surface area contributed by atoms with Crippen LogP contribution in [0.15, 0.2) is 53.7 Å². The maximum absolute atomic E-state index is 12.2. The van der Waals surface area contributed by atoms with E-state index in [0.717, 1.165) is 23.9 Å². The fraction of sp³-hybridized carbons (Fsp3) is 0.211. The number of thioether (sulfide) groups is 1. The van der Waals surface area contributed by atoms with Gasteiger partial charge in [0.1, 0.15) is 12.4 Å². The minimum absolute atomic E-state index is 0.0546. The number of halogens is 3. The lowest BCUT2D eigenvalue weighted by Gasteiger charge is -2.25. The molecule has 32 heavy (non-hydrogen) atoms. The lowest BCUT2D eigenvalue weighted by molar-refractivity contribution is -0.274. The maximum Gasteiger partial charge on any atom is 0.573 e. The summed E-state index contributed by atoms with van der Waals surface area (Å²) in [6, 6.07) is 12.0. The van der Waals surface area contributed by atoms with Gasteiger partial charge in [-0.2, -0.15) is 0 Å². The van der Waals surface area contributed by atoms with Crippen molar-refractivity contribution < 1.29 is 32.2 Å². The van der Waals surface area contributed by atoms with E-state index in [2.05, 4.69) is 20.3 Å². The molecule has 1 amide bonds. The molecule has 0 aliphatic carbocycles. The molecule has 9 nitrogen and oxygen atoms in total. The number of carbonyl (C=O) groups excluding carboxylic acids is 1. The van der Waals surface area contributed by atoms with Crippen molar-refractivity contribution in [1.29, 1.82) is 0 Å². The molecule has 168 valence electrons. The highest BCUT2D eigenvalue weighted by Gasteiger charge is 2.31. The van der Waals surface area contributed by atoms with Crippen LogP contribution < -0.4 is 25.4 Å². The number of carbonyl (C=O) groups is 1. The van der Waals surface area contributed by atoms with Crippen LogP contribution in [-0.4, -0.2) is 39.5 Å². The van der Waals surface area contributed by atoms with Crippen LogP contribution in [0.4, 0.5) is 18.9 Å². The number of nitrogens with zero attached hydrogens (tertiary/aromatic N) is 3. The molecule has 1 aliphatic heterocycles. The molecule has 0 bridgehead atoms. The van der Waals surface area contributed by atoms with E-state index in [1.807, 2.05) is 12.1 Å². The lowest BCUT2D eigenvalue weighted by atomic mass is 10.2. The van der Waals surface area contributed by atoms with Crippen molar-refractivity contribution in [3.8, 4) is 17.2 Å². The zero-order valence-electron chi connectivity index (χ0n) is 16.2. The molecule has 4 rings (SSSR count). The molecule has 3 aromatic rings. The van der Waals surface area contributed by atoms with Gasteiger partial charge in [0.05, 0.1) is 5.75 Å². The van der Waals surface area contributed by atoms with Gasteiger partial charge < -0.3 is 25.4 Å². The third-order valence-corrected chi connectivity index (χ3v) is 5.13. The van der Waals surface area contributed by atoms with E-state index >= 15 is 0 Å². The molecular formula is C19H16F3N5O4S. The van der Waals surface area contributed by atoms with E-state index in [1.54, 1.807) is 12.1 Å². The first-order valence-corrected chi connectivity index (χ1v) is 10.1. The highest BCUT2D eigenvalue weighted by molar-refractivity contribution is 7.99. The number of anilines is 1. The quantitative estimate of drug-likeness (QED) is 0.420. The normalized spacial score (nSPS) is 15.3. The van der Waals surface area contributed by atoms with Crippen molar-refractivity contribution in [2.24, 2.45) is 0 Å². The second kappa shape index (κ2) is 8.86. The van der Waals surface area contributed by atoms with Gasteiger partial charge in [-0.3, -0.25) is 4.79 Å². The summed E-state index contributed by atoms with van der Waals surface area (Å²) in [6.45, 7) is 0.200. The van der Waals surface area contributed by atoms with Crippen LogP contribution in [-0.2, 0) is 4.79 Å². The van der Waals surface area contributed by atoms with Crippen LogP contribution in [0.5, 0.6) is 17.2 Å². The van der Waals surface area contributed by atoms with E-state index in [-0.39, 0.29) is 23.3 Å². The van der Waals surface area contributed by atoms with Crippen molar-refractivity contribution in [1.82, 2.24) is 14.9 Å². The highest BCUT2D eigenvalue weighted by atomic mass is 32.2. The van der Waals surface area contributed by atoms with Gasteiger partial charge in [0.2, 0.25) is 11.1 Å². The number of hydrogen-bond acceptors (Lipinski definition) is 8. The number of para-hydroxylation sites is 2. The second-order valence-corrected chi connectivity index (χ2v) is 7.43. The molecule has 0 saturated heterocycles. The summed E-state index contributed by atoms with van der Waals surface area (Å²) in [5, 5.41) is 10.9. The molecule has 1 atom stereocenters. The average Bonchev–Trinajstić information content (AvgIpc) is 3.12. The molecule has 13 heteroatoms. The van der Waals surface area contributed by atoms with Crippen molar-refractivity contribution in [3.63, 3.8) is 0 Å². The second-order valence-electron chi connectivity index (χ2n) is 6.48. The van der Waals surface area contributed by atoms with Crippen molar-refractivity contribution in [3.05, 3.63) is 54.4 Å². The number of ether oxygens (including phenoxy) is 3. The molecule has 0 fully saturated rings. The summed E-state index contributed by atoms with van der Waals surface area (Å²) in [5.74, 6) is 6.73. The monoisotopic (exact) mass is 467 g/mol. The van der Waals surface area contributed by atoms with Crippen LogP contribution in [0, 0.1) is 0 Å². The molecule has 0 saturated carbocycles. The highest BCUT2D eigenvalue weighted by Crippen LogP contribution is 2.35. The fourth-order valence-electron chi connectivity index (χ4n) is 2.82. The first-order chi connectivity index (χ1) is 15.3. The van der Waals surface area contributed by atoms with E-state index in [0.29, 0.717) is 23.0 Å². The molecule has 1 unspecified atom stereocenters. The van der Waals surface area contributed by atoms with Crippen LogP contribution >= 0.6 is 11.8 Å². The number of rotatable bonds is 6. The van der Waals surface area contributed by atoms with Gasteiger partial charge in [0, 0.05) is 5.69 Å². The number of nitrogens with one attached hydrogen (secondary N) is 1. The SMILES string of the molecule is Nn1c(SCC(=O)Nc2ccc(OC(F)(F)F)cc2)nnc1C1COc2ccccc2O1. The smallest absolute Gasteiger partial charge is 0.485 e. The van der Waals surface area contributed by atoms with E-state index < -0.39 is 18.4 Å². The number of nitrogen functional groups attached to an aromatic ring is 1. The van der Waals surface area contributed by atoms with Gasteiger partial charge in [0.15, 0.2) is 23.4 Å². The largest absolute Gasteiger partial charge is 0.573 e. The number of hydrogen-bond donors (Lipinski definition) is 2. The maximum atomic E-state index is 12.2. The Hall–Kier alpha value is -3.61. The number of amides is 1. The van der Waals surface area contributed by atoms with Gasteiger partial charge in [0.25, 0.3) is 0 Å². The van der Waals surface area contributed by atoms with E-state index in [4.69, 9.17) is 15.3 Å². The molecule has 0 radical (unpaired) electrons. The Balaban J connectivity index is 1.32. The number of fused-ring (bicyclic) bond motifs is 1. The molecule has 2 aromatic carbocycles. The van der Waals surface area contributed by atoms with E-state index in [1.165, 1.54) is 16.8 Å². The topological polar surface area (TPSA) is 114 Å². The molecule has 1 aliphatic rings. The fourth-order valence-corrected chi connectivity index (χ4v) is 3.48. The molecule has 2 heterocycles. The Morgan fingerprint density at radius 1 is 1.19 bits per heavy atom. The Bertz CT molecular complexity index is 1110. The summed E-state index contributed by atoms with van der Waals surface area (Å²) < 4.78 is 53.1. The Kier molecular flexibility index (Phi) is 5.99. The number of aromatic nitrogens is 3. The summed E-state index contributed by atoms with van der Waals surface area (Å²) >= 11 is 1.04. The predicted octanol–water partition coefficient (Wildman–Crippen LogP) is 3.13. The molecular weight excluding hydrogens is 451 g/mol. The lowest BCUT2D eigenvalue weighted by Crippen LogP contribution is -2.27. The van der Waals surface area contributed by atoms with Crippen molar-refractivity contribution in [2.75, 3.05) is 23.5 Å². The number of alkyl halides is 3. The summed E-state index contributed by atoms with van der Waals surface area (Å²) in [6.07, 6.45) is -5.35. The Labute approximate surface area is 183 Å². The van der Waals surface area contributed by atoms with Gasteiger partial charge in [-0.15, -0.1) is 23.4 Å². The summed E-state index contributed by atoms with van der Waals surface area (Å²) in [5.41, 5.74) is 0.312. The predicted molar refractivity (Wildman–Crippen MR) is 108 cm³/mol. The van der Waals surface area contributed by atoms with Gasteiger partial charge in [-0.1, -0.05) is 23.9 Å². The van der Waals surface area contributed by atoms with Crippen LogP contribution in [0.3, 0.4) is 0 Å². The minimum atomic E-state index is -4.78. The third kappa shape index (κ3) is 5.17. The van der Waals surface area contributed by atoms with Gasteiger partial charge >= 0.3 is 6.36 Å². The average molecular weight is 467 g/mol. The standard InChI is InChI=1S/C19H16F3N5O4S/c20-19(21,22)31-12-7-5-11(6-8-12)24-16(28)10-32-18-26-25-17(27(18)23)15-9-29-13-3-1-2-4-14(13)30-15/h1-8,15H,9-10,23H2,(H,24,28). The van der Waals surface area contributed by atoms with Crippen LogP contribution in [0.1, 0.15) is 11.9 Å². The number of benzene rings is 2. The first-order valence-electron chi connectivity index (χ1n) is 9.16. The summed E-state index contributed by atoms with van der Waals surface area (Å²) in [4.78, 5) is 12.2.